The van der Waals surface area contributed by atoms with Crippen molar-refractivity contribution < 1.29 is 187 Å². The summed E-state index contributed by atoms with van der Waals surface area (Å²) in [4.78, 5) is 0. The highest BCUT2D eigenvalue weighted by Gasteiger charge is 2.97. The zero-order valence-electron chi connectivity index (χ0n) is 44.5. The molecule has 4 saturated heterocycles. The van der Waals surface area contributed by atoms with Crippen LogP contribution in [0.4, 0.5) is 149 Å². The van der Waals surface area contributed by atoms with Crippen LogP contribution in [0.2, 0.25) is 0 Å². The summed E-state index contributed by atoms with van der Waals surface area (Å²) in [5, 5.41) is 0. The first-order valence-corrected chi connectivity index (χ1v) is 24.8. The number of hydrogen-bond donors (Lipinski definition) is 0. The van der Waals surface area contributed by atoms with Crippen LogP contribution >= 0.6 is 0 Å². The van der Waals surface area contributed by atoms with E-state index in [4.69, 9.17) is 37.9 Å². The molecule has 42 heteroatoms. The van der Waals surface area contributed by atoms with Crippen molar-refractivity contribution in [2.24, 2.45) is 0 Å². The maximum atomic E-state index is 15.5. The van der Waals surface area contributed by atoms with Gasteiger partial charge in [-0.3, -0.25) is 0 Å². The van der Waals surface area contributed by atoms with Gasteiger partial charge in [0.2, 0.25) is 0 Å². The van der Waals surface area contributed by atoms with Gasteiger partial charge < -0.3 is 37.9 Å². The zero-order chi connectivity index (χ0) is 69.5. The van der Waals surface area contributed by atoms with Gasteiger partial charge in [-0.25, -0.2) is 0 Å². The average molecular weight is 1390 g/mol. The minimum atomic E-state index is -8.97. The second-order valence-electron chi connectivity index (χ2n) is 21.5. The Bertz CT molecular complexity index is 2620. The second kappa shape index (κ2) is 22.7. The molecule has 4 aliphatic rings. The van der Waals surface area contributed by atoms with Crippen molar-refractivity contribution in [3.8, 4) is 0 Å². The highest BCUT2D eigenvalue weighted by molar-refractivity contribution is 5.27. The minimum absolute atomic E-state index is 0.306. The average Bonchev–Trinajstić information content (AvgIpc) is 1.18. The fraction of sp³-hybridized carbons (Fsp3) is 0.750. The number of halogens is 34. The Kier molecular flexibility index (Phi) is 18.9. The molecule has 4 aliphatic heterocycles. The third-order valence-corrected chi connectivity index (χ3v) is 14.4. The van der Waals surface area contributed by atoms with Crippen LogP contribution in [-0.4, -0.2) is 156 Å². The topological polar surface area (TPSA) is 73.8 Å². The van der Waals surface area contributed by atoms with Crippen molar-refractivity contribution >= 4 is 0 Å². The molecule has 0 radical (unpaired) electrons. The Morgan fingerprint density at radius 2 is 0.567 bits per heavy atom. The molecule has 0 spiro atoms. The number of hydrogen-bond acceptors (Lipinski definition) is 8. The lowest BCUT2D eigenvalue weighted by atomic mass is 9.87. The maximum absolute atomic E-state index is 15.5. The summed E-state index contributed by atoms with van der Waals surface area (Å²) in [7, 11) is 0. The summed E-state index contributed by atoms with van der Waals surface area (Å²) in [6, 6.07) is 11.3. The Balaban J connectivity index is 1.38. The van der Waals surface area contributed by atoms with Gasteiger partial charge in [0.25, 0.3) is 0 Å². The van der Waals surface area contributed by atoms with E-state index in [-0.39, 0.29) is 11.1 Å². The van der Waals surface area contributed by atoms with Crippen molar-refractivity contribution in [3.63, 3.8) is 0 Å². The summed E-state index contributed by atoms with van der Waals surface area (Å²) < 4.78 is 529. The Hall–Kier alpha value is -4.26. The first-order chi connectivity index (χ1) is 40.0. The number of rotatable bonds is 25. The molecule has 2 aromatic rings. The molecule has 518 valence electrons. The molecule has 0 saturated carbocycles. The monoisotopic (exact) mass is 1390 g/mol. The standard InChI is InChI=1S/C48H40F34O8/c1-31(2)87-27-25(21(83-29(27)89-31)15-17-33(49,50)35(53,54)37(57,58)39(61,62)41(65,66)43(69,70)45(73,74)47(77,78)79)85-23(19-11-7-5-8-12-19)24(20-13-9-6-10-14-20)86-26-22(84-30-28(26)88-32(3,4)90-30)16-18-34(51,52)36(55,56)38(59,60)40(63,64)42(67,68)44(71,72)46(75,76)48(80,81)82/h5-14,21-30H,15-18H2,1-4H3/t21-,22-,23-,24+,25+,26+,27-,28-,29-,30-/m1/s1. The highest BCUT2D eigenvalue weighted by atomic mass is 19.4. The minimum Gasteiger partial charge on any atom is -0.362 e. The zero-order valence-corrected chi connectivity index (χ0v) is 44.5. The molecule has 4 fully saturated rings. The highest BCUT2D eigenvalue weighted by Crippen LogP contribution is 2.67. The van der Waals surface area contributed by atoms with Gasteiger partial charge in [-0.2, -0.15) is 149 Å². The molecule has 0 unspecified atom stereocenters. The normalized spacial score (nSPS) is 26.4. The van der Waals surface area contributed by atoms with E-state index < -0.39 is 194 Å². The van der Waals surface area contributed by atoms with Crippen LogP contribution in [-0.2, 0) is 37.9 Å². The Morgan fingerprint density at radius 1 is 0.333 bits per heavy atom. The van der Waals surface area contributed by atoms with Crippen LogP contribution in [0.15, 0.2) is 60.7 Å². The van der Waals surface area contributed by atoms with E-state index in [2.05, 4.69) is 0 Å². The molecule has 0 N–H and O–H groups in total. The fourth-order valence-electron chi connectivity index (χ4n) is 9.51. The number of fused-ring (bicyclic) bond motifs is 2. The van der Waals surface area contributed by atoms with E-state index in [9.17, 15) is 114 Å². The molecular weight excluding hydrogens is 1350 g/mol. The predicted molar refractivity (Wildman–Crippen MR) is 225 cm³/mol. The summed E-state index contributed by atoms with van der Waals surface area (Å²) in [6.45, 7) is 4.31. The summed E-state index contributed by atoms with van der Waals surface area (Å²) in [6.07, 6.45) is -48.4. The first kappa shape index (κ1) is 74.8. The van der Waals surface area contributed by atoms with Crippen molar-refractivity contribution in [2.45, 2.75) is 222 Å². The molecule has 0 aliphatic carbocycles. The number of benzene rings is 2. The molecule has 6 rings (SSSR count). The maximum Gasteiger partial charge on any atom is 0.460 e. The Morgan fingerprint density at radius 3 is 0.811 bits per heavy atom. The molecule has 10 atom stereocenters. The third-order valence-electron chi connectivity index (χ3n) is 14.4. The lowest BCUT2D eigenvalue weighted by Crippen LogP contribution is -2.74. The van der Waals surface area contributed by atoms with Crippen LogP contribution in [0, 0.1) is 0 Å². The summed E-state index contributed by atoms with van der Waals surface area (Å²) >= 11 is 0. The van der Waals surface area contributed by atoms with Crippen LogP contribution in [0.3, 0.4) is 0 Å². The van der Waals surface area contributed by atoms with Gasteiger partial charge in [-0.05, 0) is 51.7 Å². The van der Waals surface area contributed by atoms with Gasteiger partial charge in [0, 0.05) is 12.8 Å². The Labute approximate surface area is 480 Å². The molecule has 0 aromatic heterocycles. The third kappa shape index (κ3) is 11.7. The van der Waals surface area contributed by atoms with Crippen LogP contribution in [0.5, 0.6) is 0 Å². The van der Waals surface area contributed by atoms with E-state index in [0.29, 0.717) is 0 Å². The van der Waals surface area contributed by atoms with Gasteiger partial charge in [-0.1, -0.05) is 60.7 Å². The molecule has 0 amide bonds. The lowest BCUT2D eigenvalue weighted by molar-refractivity contribution is -0.462. The smallest absolute Gasteiger partial charge is 0.362 e. The second-order valence-corrected chi connectivity index (χ2v) is 21.5. The van der Waals surface area contributed by atoms with Gasteiger partial charge in [0.05, 0.1) is 12.2 Å². The molecule has 4 heterocycles. The van der Waals surface area contributed by atoms with Crippen molar-refractivity contribution in [1.29, 1.82) is 0 Å². The lowest BCUT2D eigenvalue weighted by Gasteiger charge is -2.43. The van der Waals surface area contributed by atoms with Crippen molar-refractivity contribution in [1.82, 2.24) is 0 Å². The van der Waals surface area contributed by atoms with E-state index in [1.54, 1.807) is 0 Å². The van der Waals surface area contributed by atoms with E-state index in [1.165, 1.54) is 12.1 Å². The molecule has 0 bridgehead atoms. The first-order valence-electron chi connectivity index (χ1n) is 24.8. The number of alkyl halides is 34. The van der Waals surface area contributed by atoms with Crippen molar-refractivity contribution in [3.05, 3.63) is 71.8 Å². The quantitative estimate of drug-likeness (QED) is 0.0911. The van der Waals surface area contributed by atoms with E-state index >= 15 is 35.1 Å². The fourth-order valence-corrected chi connectivity index (χ4v) is 9.51. The van der Waals surface area contributed by atoms with E-state index in [1.807, 2.05) is 0 Å². The summed E-state index contributed by atoms with van der Waals surface area (Å²) in [5.74, 6) is -122. The van der Waals surface area contributed by atoms with Gasteiger partial charge >= 0.3 is 95.3 Å². The van der Waals surface area contributed by atoms with Crippen LogP contribution in [0.25, 0.3) is 0 Å². The van der Waals surface area contributed by atoms with Crippen LogP contribution < -0.4 is 0 Å². The van der Waals surface area contributed by atoms with Gasteiger partial charge in [0.15, 0.2) is 24.2 Å². The number of ether oxygens (including phenoxy) is 8. The molecule has 90 heavy (non-hydrogen) atoms. The molecular formula is C48H40F34O8. The molecule has 8 nitrogen and oxygen atoms in total. The van der Waals surface area contributed by atoms with E-state index in [0.717, 1.165) is 76.2 Å². The van der Waals surface area contributed by atoms with Gasteiger partial charge in [0.1, 0.15) is 36.6 Å². The van der Waals surface area contributed by atoms with Crippen molar-refractivity contribution in [2.75, 3.05) is 0 Å². The SMILES string of the molecule is CC1(C)O[C@H]2O[C@H](CCC(F)(F)C(F)(F)C(F)(F)C(F)(F)C(F)(F)C(F)(F)C(F)(F)C(F)(F)F)[C@H](O[C@H](c3ccccc3)[C@@H](O[C@@H]3[C@H]4OC(C)(C)O[C@H]4O[C@@H]3CCC(F)(F)C(F)(F)C(F)(F)C(F)(F)C(F)(F)C(F)(F)C(F)(F)C(F)(F)F)c3ccccc3)[C@H]2O1. The predicted octanol–water partition coefficient (Wildman–Crippen LogP) is 16.6. The summed E-state index contributed by atoms with van der Waals surface area (Å²) in [5.41, 5.74) is -0.611. The van der Waals surface area contributed by atoms with Crippen LogP contribution in [0.1, 0.15) is 76.7 Å². The largest absolute Gasteiger partial charge is 0.460 e. The molecule has 2 aromatic carbocycles. The van der Waals surface area contributed by atoms with Gasteiger partial charge in [-0.15, -0.1) is 0 Å².